The second kappa shape index (κ2) is 8.43. The molecule has 1 N–H and O–H groups in total. The first-order chi connectivity index (χ1) is 17.1. The number of anilines is 2. The van der Waals surface area contributed by atoms with Gasteiger partial charge in [0.05, 0.1) is 12.7 Å². The van der Waals surface area contributed by atoms with Crippen molar-refractivity contribution in [3.63, 3.8) is 0 Å². The smallest absolute Gasteiger partial charge is 0.255 e. The number of ether oxygens (including phenoxy) is 4. The van der Waals surface area contributed by atoms with Crippen molar-refractivity contribution in [2.45, 2.75) is 12.0 Å². The molecule has 1 atom stereocenters. The van der Waals surface area contributed by atoms with Gasteiger partial charge in [0.15, 0.2) is 28.5 Å². The molecule has 6 rings (SSSR count). The molecular formula is C26H22N2O7. The van der Waals surface area contributed by atoms with Crippen molar-refractivity contribution in [3.8, 4) is 23.0 Å². The van der Waals surface area contributed by atoms with Crippen molar-refractivity contribution in [1.82, 2.24) is 0 Å². The summed E-state index contributed by atoms with van der Waals surface area (Å²) in [6.07, 6.45) is 4.93. The van der Waals surface area contributed by atoms with Crippen LogP contribution >= 0.6 is 0 Å². The minimum Gasteiger partial charge on any atom is -0.486 e. The zero-order valence-corrected chi connectivity index (χ0v) is 18.7. The van der Waals surface area contributed by atoms with Crippen LogP contribution in [0.25, 0.3) is 6.08 Å². The van der Waals surface area contributed by atoms with Gasteiger partial charge in [-0.3, -0.25) is 14.5 Å². The number of β-lactam (4-membered cyclic amide) rings is 1. The standard InChI is InChI=1S/C26H22N2O7/c29-24-16-26(8-7-19-2-1-9-31-19,28(24)18-4-6-21-23(15-18)35-13-11-33-21)25(30)27-17-3-5-20-22(14-17)34-12-10-32-20/h1-9,14-15H,10-13,16H2,(H,27,30). The fourth-order valence-electron chi connectivity index (χ4n) is 4.42. The first-order valence-electron chi connectivity index (χ1n) is 11.3. The Morgan fingerprint density at radius 2 is 1.57 bits per heavy atom. The van der Waals surface area contributed by atoms with E-state index in [1.54, 1.807) is 66.9 Å². The summed E-state index contributed by atoms with van der Waals surface area (Å²) in [6.45, 7) is 1.79. The maximum Gasteiger partial charge on any atom is 0.255 e. The summed E-state index contributed by atoms with van der Waals surface area (Å²) in [5, 5.41) is 2.94. The highest BCUT2D eigenvalue weighted by atomic mass is 16.6. The van der Waals surface area contributed by atoms with Crippen LogP contribution < -0.4 is 29.2 Å². The van der Waals surface area contributed by atoms with Crippen molar-refractivity contribution in [3.05, 3.63) is 66.6 Å². The summed E-state index contributed by atoms with van der Waals surface area (Å²) in [5.74, 6) is 2.32. The van der Waals surface area contributed by atoms with Gasteiger partial charge in [-0.05, 0) is 48.6 Å². The lowest BCUT2D eigenvalue weighted by atomic mass is 9.81. The third kappa shape index (κ3) is 3.74. The molecule has 1 unspecified atom stereocenters. The topological polar surface area (TPSA) is 99.5 Å². The van der Waals surface area contributed by atoms with Crippen molar-refractivity contribution in [2.24, 2.45) is 0 Å². The number of carbonyl (C=O) groups is 2. The number of hydrogen-bond donors (Lipinski definition) is 1. The van der Waals surface area contributed by atoms with Gasteiger partial charge >= 0.3 is 0 Å². The number of carbonyl (C=O) groups excluding carboxylic acids is 2. The molecule has 1 saturated heterocycles. The van der Waals surface area contributed by atoms with E-state index in [1.807, 2.05) is 0 Å². The molecule has 0 bridgehead atoms. The van der Waals surface area contributed by atoms with Crippen LogP contribution in [-0.4, -0.2) is 43.8 Å². The monoisotopic (exact) mass is 474 g/mol. The Morgan fingerprint density at radius 3 is 2.26 bits per heavy atom. The van der Waals surface area contributed by atoms with E-state index in [4.69, 9.17) is 23.4 Å². The number of amides is 2. The Hall–Kier alpha value is -4.40. The molecule has 0 spiro atoms. The first-order valence-corrected chi connectivity index (χ1v) is 11.3. The van der Waals surface area contributed by atoms with Gasteiger partial charge in [-0.2, -0.15) is 0 Å². The number of nitrogens with zero attached hydrogens (tertiary/aromatic N) is 1. The largest absolute Gasteiger partial charge is 0.486 e. The SMILES string of the molecule is O=C1CC(C=Cc2ccco2)(C(=O)Nc2ccc3c(c2)OCCO3)N1c1ccc2c(c1)OCCO2. The molecule has 178 valence electrons. The van der Waals surface area contributed by atoms with E-state index in [0.717, 1.165) is 0 Å². The highest BCUT2D eigenvalue weighted by molar-refractivity contribution is 6.18. The summed E-state index contributed by atoms with van der Waals surface area (Å²) < 4.78 is 27.9. The van der Waals surface area contributed by atoms with E-state index in [0.29, 0.717) is 66.6 Å². The minimum absolute atomic E-state index is 0.00492. The third-order valence-corrected chi connectivity index (χ3v) is 6.11. The van der Waals surface area contributed by atoms with Crippen molar-refractivity contribution >= 4 is 29.3 Å². The first kappa shape index (κ1) is 21.2. The fourth-order valence-corrected chi connectivity index (χ4v) is 4.42. The van der Waals surface area contributed by atoms with Crippen LogP contribution in [0.2, 0.25) is 0 Å². The molecule has 3 aliphatic rings. The van der Waals surface area contributed by atoms with Crippen LogP contribution in [0.3, 0.4) is 0 Å². The van der Waals surface area contributed by atoms with Crippen LogP contribution in [0, 0.1) is 0 Å². The third-order valence-electron chi connectivity index (χ3n) is 6.11. The Labute approximate surface area is 200 Å². The van der Waals surface area contributed by atoms with E-state index in [9.17, 15) is 9.59 Å². The van der Waals surface area contributed by atoms with Crippen molar-refractivity contribution in [1.29, 1.82) is 0 Å². The molecule has 2 amide bonds. The van der Waals surface area contributed by atoms with Crippen LogP contribution in [-0.2, 0) is 9.59 Å². The number of hydrogen-bond acceptors (Lipinski definition) is 7. The van der Waals surface area contributed by atoms with Crippen LogP contribution in [0.15, 0.2) is 65.3 Å². The minimum atomic E-state index is -1.28. The number of rotatable bonds is 5. The normalized spacial score (nSPS) is 20.5. The van der Waals surface area contributed by atoms with E-state index in [2.05, 4.69) is 5.32 Å². The Bertz CT molecular complexity index is 1320. The second-order valence-electron chi connectivity index (χ2n) is 8.32. The number of furan rings is 1. The summed E-state index contributed by atoms with van der Waals surface area (Å²) in [6, 6.07) is 13.9. The highest BCUT2D eigenvalue weighted by Crippen LogP contribution is 2.43. The predicted octanol–water partition coefficient (Wildman–Crippen LogP) is 3.65. The maximum atomic E-state index is 13.7. The van der Waals surface area contributed by atoms with Crippen molar-refractivity contribution in [2.75, 3.05) is 36.6 Å². The van der Waals surface area contributed by atoms with Gasteiger partial charge in [0, 0.05) is 23.5 Å². The molecule has 35 heavy (non-hydrogen) atoms. The summed E-state index contributed by atoms with van der Waals surface area (Å²) >= 11 is 0. The molecule has 1 fully saturated rings. The van der Waals surface area contributed by atoms with E-state index >= 15 is 0 Å². The number of benzene rings is 2. The van der Waals surface area contributed by atoms with Crippen LogP contribution in [0.1, 0.15) is 12.2 Å². The molecule has 0 aliphatic carbocycles. The quantitative estimate of drug-likeness (QED) is 0.564. The van der Waals surface area contributed by atoms with E-state index in [-0.39, 0.29) is 18.2 Å². The van der Waals surface area contributed by atoms with Gasteiger partial charge in [-0.15, -0.1) is 0 Å². The number of fused-ring (bicyclic) bond motifs is 2. The van der Waals surface area contributed by atoms with Gasteiger partial charge in [-0.1, -0.05) is 0 Å². The summed E-state index contributed by atoms with van der Waals surface area (Å²) in [4.78, 5) is 28.1. The lowest BCUT2D eigenvalue weighted by Crippen LogP contribution is -2.68. The Balaban J connectivity index is 1.35. The molecule has 2 aromatic carbocycles. The lowest BCUT2D eigenvalue weighted by Gasteiger charge is -2.48. The van der Waals surface area contributed by atoms with E-state index in [1.165, 1.54) is 4.90 Å². The zero-order chi connectivity index (χ0) is 23.8. The molecule has 0 radical (unpaired) electrons. The Kier molecular flexibility index (Phi) is 5.09. The average Bonchev–Trinajstić information content (AvgIpc) is 3.40. The van der Waals surface area contributed by atoms with Gasteiger partial charge in [0.1, 0.15) is 32.2 Å². The molecule has 1 aromatic heterocycles. The van der Waals surface area contributed by atoms with Crippen molar-refractivity contribution < 1.29 is 33.0 Å². The zero-order valence-electron chi connectivity index (χ0n) is 18.7. The van der Waals surface area contributed by atoms with Crippen LogP contribution in [0.4, 0.5) is 11.4 Å². The molecule has 3 aromatic rings. The highest BCUT2D eigenvalue weighted by Gasteiger charge is 2.56. The predicted molar refractivity (Wildman–Crippen MR) is 126 cm³/mol. The molecule has 0 saturated carbocycles. The van der Waals surface area contributed by atoms with Crippen LogP contribution in [0.5, 0.6) is 23.0 Å². The summed E-state index contributed by atoms with van der Waals surface area (Å²) in [5.41, 5.74) is -0.209. The average molecular weight is 474 g/mol. The lowest BCUT2D eigenvalue weighted by molar-refractivity contribution is -0.134. The molecule has 4 heterocycles. The van der Waals surface area contributed by atoms with Gasteiger partial charge in [0.2, 0.25) is 5.91 Å². The van der Waals surface area contributed by atoms with Gasteiger partial charge in [0.25, 0.3) is 5.91 Å². The molecule has 3 aliphatic heterocycles. The second-order valence-corrected chi connectivity index (χ2v) is 8.32. The maximum absolute atomic E-state index is 13.7. The van der Waals surface area contributed by atoms with Gasteiger partial charge < -0.3 is 28.7 Å². The van der Waals surface area contributed by atoms with Gasteiger partial charge in [-0.25, -0.2) is 0 Å². The molecular weight excluding hydrogens is 452 g/mol. The van der Waals surface area contributed by atoms with E-state index < -0.39 is 5.54 Å². The number of nitrogens with one attached hydrogen (secondary N) is 1. The summed E-state index contributed by atoms with van der Waals surface area (Å²) in [7, 11) is 0. The Morgan fingerprint density at radius 1 is 0.886 bits per heavy atom. The molecule has 9 nitrogen and oxygen atoms in total. The fraction of sp³-hybridized carbons (Fsp3) is 0.231. The molecule has 9 heteroatoms.